The smallest absolute Gasteiger partial charge is 0.0622 e. The minimum absolute atomic E-state index is 0.527. The average Bonchev–Trinajstić information content (AvgIpc) is 3.83. The molecule has 11 aromatic carbocycles. The summed E-state index contributed by atoms with van der Waals surface area (Å²) in [6.07, 6.45) is 0. The lowest BCUT2D eigenvalue weighted by molar-refractivity contribution is 0.769. The lowest BCUT2D eigenvalue weighted by Crippen LogP contribution is -2.28. The van der Waals surface area contributed by atoms with Crippen LogP contribution in [0.25, 0.3) is 66.1 Å². The second-order valence-corrected chi connectivity index (χ2v) is 17.4. The van der Waals surface area contributed by atoms with Crippen LogP contribution >= 0.6 is 0 Å². The summed E-state index contributed by atoms with van der Waals surface area (Å²) in [6.45, 7) is 0. The second-order valence-electron chi connectivity index (χ2n) is 17.4. The van der Waals surface area contributed by atoms with Crippen molar-refractivity contribution in [2.75, 3.05) is 0 Å². The minimum Gasteiger partial charge on any atom is -0.0622 e. The summed E-state index contributed by atoms with van der Waals surface area (Å²) in [4.78, 5) is 0. The van der Waals surface area contributed by atoms with Gasteiger partial charge in [0, 0.05) is 0 Å². The molecule has 0 aromatic heterocycles. The predicted octanol–water partition coefficient (Wildman–Crippen LogP) is 16.1. The van der Waals surface area contributed by atoms with Crippen molar-refractivity contribution < 1.29 is 0 Å². The zero-order chi connectivity index (χ0) is 42.2. The highest BCUT2D eigenvalue weighted by molar-refractivity contribution is 6.23. The number of fused-ring (bicyclic) bond motifs is 8. The van der Waals surface area contributed by atoms with Crippen LogP contribution in [0.3, 0.4) is 0 Å². The first kappa shape index (κ1) is 36.6. The van der Waals surface area contributed by atoms with E-state index >= 15 is 0 Å². The Kier molecular flexibility index (Phi) is 8.14. The Hall–Kier alpha value is -8.06. The van der Waals surface area contributed by atoms with Crippen LogP contribution < -0.4 is 0 Å². The molecule has 13 rings (SSSR count). The molecule has 0 amide bonds. The van der Waals surface area contributed by atoms with Gasteiger partial charge in [-0.05, 0) is 135 Å². The maximum atomic E-state index is 2.58. The summed E-state index contributed by atoms with van der Waals surface area (Å²) >= 11 is 0. The first-order valence-corrected chi connectivity index (χ1v) is 22.4. The largest absolute Gasteiger partial charge is 0.0713 e. The van der Waals surface area contributed by atoms with E-state index in [2.05, 4.69) is 255 Å². The molecule has 2 aliphatic carbocycles. The molecule has 0 spiro atoms. The van der Waals surface area contributed by atoms with Crippen LogP contribution in [0.2, 0.25) is 0 Å². The lowest BCUT2D eigenvalue weighted by Gasteiger charge is -2.34. The second kappa shape index (κ2) is 14.2. The highest BCUT2D eigenvalue weighted by atomic mass is 14.5. The van der Waals surface area contributed by atoms with Gasteiger partial charge in [0.2, 0.25) is 0 Å². The van der Waals surface area contributed by atoms with Crippen molar-refractivity contribution in [3.8, 4) is 44.5 Å². The summed E-state index contributed by atoms with van der Waals surface area (Å²) in [7, 11) is 0. The fraction of sp³-hybridized carbons (Fsp3) is 0.0312. The van der Waals surface area contributed by atoms with E-state index in [-0.39, 0.29) is 0 Å². The third-order valence-electron chi connectivity index (χ3n) is 14.4. The normalized spacial score (nSPS) is 13.9. The van der Waals surface area contributed by atoms with E-state index in [0.29, 0.717) is 0 Å². The standard InChI is InChI=1S/C64H42/c1-7-23-43(24-8-1)61-53-39-51-49-35-19-21-37-57(49)64(47-31-15-5-16-32-47,48-33-17-6-18-34-48)60(51)42-56(53)62(44-25-9-2-10-26-44)54-40-52-50-36-20-22-38-58(50)63(59(52)41-55(54)61,45-27-11-3-12-28-45)46-29-13-4-14-30-46/h1-42H. The number of hydrogen-bond acceptors (Lipinski definition) is 0. The zero-order valence-electron chi connectivity index (χ0n) is 35.2. The average molecular weight is 811 g/mol. The van der Waals surface area contributed by atoms with Crippen LogP contribution in [0.5, 0.6) is 0 Å². The maximum absolute atomic E-state index is 2.58. The Bertz CT molecular complexity index is 3230. The molecule has 0 saturated carbocycles. The van der Waals surface area contributed by atoms with E-state index in [4.69, 9.17) is 0 Å². The molecule has 0 fully saturated rings. The molecule has 0 saturated heterocycles. The van der Waals surface area contributed by atoms with Gasteiger partial charge < -0.3 is 0 Å². The quantitative estimate of drug-likeness (QED) is 0.147. The van der Waals surface area contributed by atoms with E-state index in [0.717, 1.165) is 0 Å². The Morgan fingerprint density at radius 3 is 0.797 bits per heavy atom. The summed E-state index contributed by atoms with van der Waals surface area (Å²) in [5, 5.41) is 5.01. The molecule has 0 bridgehead atoms. The molecule has 298 valence electrons. The SMILES string of the molecule is c1ccc(-c2c3cc4c(cc3c(-c3ccccc3)c3cc5c(cc23)C(c2ccccc2)(c2ccccc2)c2ccccc2-5)C(c2ccccc2)(c2ccccc2)c2ccccc2-4)cc1. The summed E-state index contributed by atoms with van der Waals surface area (Å²) in [5.41, 5.74) is 19.3. The Morgan fingerprint density at radius 2 is 0.469 bits per heavy atom. The van der Waals surface area contributed by atoms with Crippen molar-refractivity contribution in [3.05, 3.63) is 299 Å². The fourth-order valence-electron chi connectivity index (χ4n) is 11.9. The first-order chi connectivity index (χ1) is 31.8. The van der Waals surface area contributed by atoms with Crippen molar-refractivity contribution in [1.29, 1.82) is 0 Å². The van der Waals surface area contributed by atoms with Gasteiger partial charge in [-0.2, -0.15) is 0 Å². The summed E-state index contributed by atoms with van der Waals surface area (Å²) in [5.74, 6) is 0. The topological polar surface area (TPSA) is 0 Å². The summed E-state index contributed by atoms with van der Waals surface area (Å²) in [6, 6.07) is 95.5. The third-order valence-corrected chi connectivity index (χ3v) is 14.4. The van der Waals surface area contributed by atoms with E-state index in [9.17, 15) is 0 Å². The molecule has 64 heavy (non-hydrogen) atoms. The van der Waals surface area contributed by atoms with Crippen LogP contribution in [-0.2, 0) is 10.8 Å². The number of hydrogen-bond donors (Lipinski definition) is 0. The Labute approximate surface area is 374 Å². The van der Waals surface area contributed by atoms with E-state index < -0.39 is 10.8 Å². The van der Waals surface area contributed by atoms with Gasteiger partial charge in [-0.3, -0.25) is 0 Å². The van der Waals surface area contributed by atoms with Crippen LogP contribution in [0.4, 0.5) is 0 Å². The molecule has 0 heteroatoms. The first-order valence-electron chi connectivity index (χ1n) is 22.4. The van der Waals surface area contributed by atoms with Gasteiger partial charge in [-0.1, -0.05) is 231 Å². The van der Waals surface area contributed by atoms with Crippen molar-refractivity contribution in [2.45, 2.75) is 10.8 Å². The Balaban J connectivity index is 1.25. The van der Waals surface area contributed by atoms with Gasteiger partial charge in [0.15, 0.2) is 0 Å². The molecule has 0 heterocycles. The van der Waals surface area contributed by atoms with E-state index in [1.54, 1.807) is 0 Å². The predicted molar refractivity (Wildman–Crippen MR) is 267 cm³/mol. The Morgan fingerprint density at radius 1 is 0.203 bits per heavy atom. The van der Waals surface area contributed by atoms with Crippen LogP contribution in [-0.4, -0.2) is 0 Å². The van der Waals surface area contributed by atoms with Crippen LogP contribution in [0, 0.1) is 0 Å². The molecule has 0 unspecified atom stereocenters. The maximum Gasteiger partial charge on any atom is 0.0713 e. The molecule has 11 aromatic rings. The molecule has 0 atom stereocenters. The van der Waals surface area contributed by atoms with Gasteiger partial charge in [0.1, 0.15) is 0 Å². The fourth-order valence-corrected chi connectivity index (χ4v) is 11.9. The third kappa shape index (κ3) is 5.00. The van der Waals surface area contributed by atoms with Gasteiger partial charge in [-0.25, -0.2) is 0 Å². The van der Waals surface area contributed by atoms with Gasteiger partial charge in [-0.15, -0.1) is 0 Å². The van der Waals surface area contributed by atoms with Gasteiger partial charge >= 0.3 is 0 Å². The van der Waals surface area contributed by atoms with Crippen molar-refractivity contribution in [3.63, 3.8) is 0 Å². The monoisotopic (exact) mass is 810 g/mol. The van der Waals surface area contributed by atoms with Crippen LogP contribution in [0.1, 0.15) is 44.5 Å². The minimum atomic E-state index is -0.527. The highest BCUT2D eigenvalue weighted by Crippen LogP contribution is 2.61. The molecule has 2 aliphatic rings. The van der Waals surface area contributed by atoms with E-state index in [1.807, 2.05) is 0 Å². The molecule has 0 radical (unpaired) electrons. The number of benzene rings is 11. The van der Waals surface area contributed by atoms with Crippen LogP contribution in [0.15, 0.2) is 255 Å². The molecular formula is C64H42. The van der Waals surface area contributed by atoms with Crippen molar-refractivity contribution in [2.24, 2.45) is 0 Å². The molecule has 0 aliphatic heterocycles. The zero-order valence-corrected chi connectivity index (χ0v) is 35.2. The van der Waals surface area contributed by atoms with Crippen molar-refractivity contribution >= 4 is 21.5 Å². The highest BCUT2D eigenvalue weighted by Gasteiger charge is 2.48. The molecular weight excluding hydrogens is 769 g/mol. The van der Waals surface area contributed by atoms with Gasteiger partial charge in [0.05, 0.1) is 10.8 Å². The molecule has 0 nitrogen and oxygen atoms in total. The van der Waals surface area contributed by atoms with E-state index in [1.165, 1.54) is 111 Å². The number of rotatable bonds is 6. The summed E-state index contributed by atoms with van der Waals surface area (Å²) < 4.78 is 0. The molecule has 0 N–H and O–H groups in total. The van der Waals surface area contributed by atoms with Gasteiger partial charge in [0.25, 0.3) is 0 Å². The van der Waals surface area contributed by atoms with Crippen molar-refractivity contribution in [1.82, 2.24) is 0 Å². The lowest BCUT2D eigenvalue weighted by atomic mass is 9.67.